The first-order chi connectivity index (χ1) is 11.0. The van der Waals surface area contributed by atoms with Gasteiger partial charge in [-0.15, -0.1) is 0 Å². The van der Waals surface area contributed by atoms with Crippen molar-refractivity contribution in [3.63, 3.8) is 0 Å². The van der Waals surface area contributed by atoms with Gasteiger partial charge < -0.3 is 19.9 Å². The van der Waals surface area contributed by atoms with Gasteiger partial charge in [0.05, 0.1) is 36.8 Å². The van der Waals surface area contributed by atoms with Crippen LogP contribution in [0.3, 0.4) is 0 Å². The van der Waals surface area contributed by atoms with E-state index in [1.54, 1.807) is 6.07 Å². The molecule has 2 atom stereocenters. The summed E-state index contributed by atoms with van der Waals surface area (Å²) in [4.78, 5) is 23.9. The molecule has 1 fully saturated rings. The molecule has 1 saturated carbocycles. The standard InChI is InChI=1S/C16H20ClNO5/c1-22-13-8-14(23-2)12(7-11(13)17)18-15(19)9-5-3-4-6-10(9)16(20)21/h7-10H,3-6H2,1-2H3,(H,18,19)(H,20,21)/t9-,10+/m0/s1. The van der Waals surface area contributed by atoms with E-state index in [-0.39, 0.29) is 5.91 Å². The number of halogens is 1. The molecular weight excluding hydrogens is 322 g/mol. The van der Waals surface area contributed by atoms with Crippen molar-refractivity contribution in [3.8, 4) is 11.5 Å². The number of carboxylic acids is 1. The van der Waals surface area contributed by atoms with Crippen molar-refractivity contribution in [2.24, 2.45) is 11.8 Å². The van der Waals surface area contributed by atoms with Crippen LogP contribution in [0.25, 0.3) is 0 Å². The van der Waals surface area contributed by atoms with Crippen LogP contribution in [-0.2, 0) is 9.59 Å². The van der Waals surface area contributed by atoms with Crippen LogP contribution in [0.2, 0.25) is 5.02 Å². The number of amides is 1. The lowest BCUT2D eigenvalue weighted by molar-refractivity contribution is -0.147. The Hall–Kier alpha value is -1.95. The molecular formula is C16H20ClNO5. The maximum atomic E-state index is 12.5. The number of carbonyl (C=O) groups is 2. The number of carboxylic acid groups (broad SMARTS) is 1. The van der Waals surface area contributed by atoms with E-state index in [0.717, 1.165) is 12.8 Å². The van der Waals surface area contributed by atoms with Crippen molar-refractivity contribution >= 4 is 29.2 Å². The van der Waals surface area contributed by atoms with Crippen LogP contribution in [-0.4, -0.2) is 31.2 Å². The van der Waals surface area contributed by atoms with Crippen LogP contribution in [0.5, 0.6) is 11.5 Å². The van der Waals surface area contributed by atoms with Crippen LogP contribution in [0.4, 0.5) is 5.69 Å². The Morgan fingerprint density at radius 3 is 2.30 bits per heavy atom. The predicted molar refractivity (Wildman–Crippen MR) is 86.3 cm³/mol. The quantitative estimate of drug-likeness (QED) is 0.859. The third-order valence-electron chi connectivity index (χ3n) is 4.15. The van der Waals surface area contributed by atoms with E-state index in [1.165, 1.54) is 20.3 Å². The van der Waals surface area contributed by atoms with Crippen molar-refractivity contribution in [2.75, 3.05) is 19.5 Å². The highest BCUT2D eigenvalue weighted by Gasteiger charge is 2.36. The molecule has 7 heteroatoms. The number of hydrogen-bond acceptors (Lipinski definition) is 4. The molecule has 126 valence electrons. The number of methoxy groups -OCH3 is 2. The summed E-state index contributed by atoms with van der Waals surface area (Å²) >= 11 is 6.08. The molecule has 0 spiro atoms. The number of anilines is 1. The Morgan fingerprint density at radius 2 is 1.74 bits per heavy atom. The molecule has 0 saturated heterocycles. The van der Waals surface area contributed by atoms with E-state index in [2.05, 4.69) is 5.32 Å². The number of hydrogen-bond donors (Lipinski definition) is 2. The minimum Gasteiger partial charge on any atom is -0.495 e. The van der Waals surface area contributed by atoms with Crippen molar-refractivity contribution in [2.45, 2.75) is 25.7 Å². The second-order valence-corrected chi connectivity index (χ2v) is 5.92. The Labute approximate surface area is 139 Å². The molecule has 2 rings (SSSR count). The predicted octanol–water partition coefficient (Wildman–Crippen LogP) is 3.19. The van der Waals surface area contributed by atoms with Crippen molar-refractivity contribution in [1.29, 1.82) is 0 Å². The number of ether oxygens (including phenoxy) is 2. The summed E-state index contributed by atoms with van der Waals surface area (Å²) in [6, 6.07) is 3.11. The van der Waals surface area contributed by atoms with Gasteiger partial charge in [-0.25, -0.2) is 0 Å². The van der Waals surface area contributed by atoms with E-state index in [1.807, 2.05) is 0 Å². The molecule has 1 aliphatic carbocycles. The van der Waals surface area contributed by atoms with Crippen LogP contribution in [0.15, 0.2) is 12.1 Å². The highest BCUT2D eigenvalue weighted by atomic mass is 35.5. The molecule has 2 N–H and O–H groups in total. The summed E-state index contributed by atoms with van der Waals surface area (Å²) in [5, 5.41) is 12.4. The highest BCUT2D eigenvalue weighted by Crippen LogP contribution is 2.37. The number of rotatable bonds is 5. The highest BCUT2D eigenvalue weighted by molar-refractivity contribution is 6.32. The SMILES string of the molecule is COc1cc(OC)c(NC(=O)[C@H]2CCCC[C@H]2C(=O)O)cc1Cl. The van der Waals surface area contributed by atoms with Gasteiger partial charge in [0.1, 0.15) is 11.5 Å². The lowest BCUT2D eigenvalue weighted by Crippen LogP contribution is -2.36. The van der Waals surface area contributed by atoms with E-state index < -0.39 is 17.8 Å². The van der Waals surface area contributed by atoms with Gasteiger partial charge in [0.25, 0.3) is 0 Å². The average molecular weight is 342 g/mol. The van der Waals surface area contributed by atoms with Gasteiger partial charge in [-0.2, -0.15) is 0 Å². The molecule has 0 unspecified atom stereocenters. The minimum absolute atomic E-state index is 0.323. The second-order valence-electron chi connectivity index (χ2n) is 5.51. The summed E-state index contributed by atoms with van der Waals surface area (Å²) in [5.74, 6) is -1.61. The molecule has 1 amide bonds. The zero-order chi connectivity index (χ0) is 17.0. The van der Waals surface area contributed by atoms with E-state index in [9.17, 15) is 14.7 Å². The molecule has 23 heavy (non-hydrogen) atoms. The van der Waals surface area contributed by atoms with Crippen molar-refractivity contribution in [3.05, 3.63) is 17.2 Å². The van der Waals surface area contributed by atoms with Gasteiger partial charge in [0.2, 0.25) is 5.91 Å². The first kappa shape index (κ1) is 17.4. The summed E-state index contributed by atoms with van der Waals surface area (Å²) in [6.45, 7) is 0. The summed E-state index contributed by atoms with van der Waals surface area (Å²) in [5.41, 5.74) is 0.401. The smallest absolute Gasteiger partial charge is 0.307 e. The third-order valence-corrected chi connectivity index (χ3v) is 4.45. The first-order valence-corrected chi connectivity index (χ1v) is 7.81. The van der Waals surface area contributed by atoms with Crippen LogP contribution in [0.1, 0.15) is 25.7 Å². The molecule has 1 aromatic carbocycles. The number of aliphatic carboxylic acids is 1. The summed E-state index contributed by atoms with van der Waals surface area (Å²) in [7, 11) is 2.96. The summed E-state index contributed by atoms with van der Waals surface area (Å²) in [6.07, 6.45) is 2.77. The fourth-order valence-corrected chi connectivity index (χ4v) is 3.16. The maximum absolute atomic E-state index is 12.5. The van der Waals surface area contributed by atoms with Crippen LogP contribution >= 0.6 is 11.6 Å². The van der Waals surface area contributed by atoms with Crippen molar-refractivity contribution < 1.29 is 24.2 Å². The average Bonchev–Trinajstić information content (AvgIpc) is 2.55. The van der Waals surface area contributed by atoms with Crippen molar-refractivity contribution in [1.82, 2.24) is 0 Å². The number of carbonyl (C=O) groups excluding carboxylic acids is 1. The molecule has 6 nitrogen and oxygen atoms in total. The molecule has 0 radical (unpaired) electrons. The molecule has 0 heterocycles. The first-order valence-electron chi connectivity index (χ1n) is 7.43. The summed E-state index contributed by atoms with van der Waals surface area (Å²) < 4.78 is 10.3. The van der Waals surface area contributed by atoms with E-state index in [0.29, 0.717) is 35.1 Å². The largest absolute Gasteiger partial charge is 0.495 e. The second kappa shape index (κ2) is 7.55. The normalized spacial score (nSPS) is 20.7. The van der Waals surface area contributed by atoms with Gasteiger partial charge in [0.15, 0.2) is 0 Å². The lowest BCUT2D eigenvalue weighted by atomic mass is 9.78. The maximum Gasteiger partial charge on any atom is 0.307 e. The van der Waals surface area contributed by atoms with E-state index >= 15 is 0 Å². The zero-order valence-electron chi connectivity index (χ0n) is 13.1. The van der Waals surface area contributed by atoms with Crippen LogP contribution < -0.4 is 14.8 Å². The Kier molecular flexibility index (Phi) is 5.71. The van der Waals surface area contributed by atoms with Crippen LogP contribution in [0, 0.1) is 11.8 Å². The minimum atomic E-state index is -0.926. The van der Waals surface area contributed by atoms with Gasteiger partial charge in [0, 0.05) is 6.07 Å². The fourth-order valence-electron chi connectivity index (χ4n) is 2.92. The Bertz CT molecular complexity index is 604. The van der Waals surface area contributed by atoms with Gasteiger partial charge >= 0.3 is 5.97 Å². The Morgan fingerprint density at radius 1 is 1.13 bits per heavy atom. The molecule has 0 bridgehead atoms. The lowest BCUT2D eigenvalue weighted by Gasteiger charge is -2.27. The van der Waals surface area contributed by atoms with Gasteiger partial charge in [-0.3, -0.25) is 9.59 Å². The number of nitrogens with one attached hydrogen (secondary N) is 1. The molecule has 0 aliphatic heterocycles. The monoisotopic (exact) mass is 341 g/mol. The molecule has 1 aliphatic rings. The van der Waals surface area contributed by atoms with E-state index in [4.69, 9.17) is 21.1 Å². The zero-order valence-corrected chi connectivity index (χ0v) is 13.9. The molecule has 1 aromatic rings. The van der Waals surface area contributed by atoms with Gasteiger partial charge in [-0.1, -0.05) is 24.4 Å². The topological polar surface area (TPSA) is 84.9 Å². The third kappa shape index (κ3) is 3.88. The fraction of sp³-hybridized carbons (Fsp3) is 0.500. The Balaban J connectivity index is 2.22. The molecule has 0 aromatic heterocycles. The number of benzene rings is 1. The van der Waals surface area contributed by atoms with Gasteiger partial charge in [-0.05, 0) is 18.9 Å².